The number of rotatable bonds is 5. The Morgan fingerprint density at radius 3 is 2.68 bits per heavy atom. The highest BCUT2D eigenvalue weighted by atomic mass is 35.5. The maximum absolute atomic E-state index is 13.3. The molecule has 0 radical (unpaired) electrons. The van der Waals surface area contributed by atoms with E-state index in [4.69, 9.17) is 16.3 Å². The minimum absolute atomic E-state index is 0.0364. The number of ether oxygens (including phenoxy) is 1. The first-order chi connectivity index (χ1) is 9.15. The van der Waals surface area contributed by atoms with Crippen LogP contribution in [0.15, 0.2) is 42.5 Å². The van der Waals surface area contributed by atoms with E-state index in [0.29, 0.717) is 11.6 Å². The molecule has 5 heteroatoms. The van der Waals surface area contributed by atoms with Crippen LogP contribution in [-0.4, -0.2) is 13.2 Å². The minimum Gasteiger partial charge on any atom is -0.489 e. The summed E-state index contributed by atoms with van der Waals surface area (Å²) in [5, 5.41) is 3.72. The van der Waals surface area contributed by atoms with Gasteiger partial charge in [-0.15, -0.1) is 0 Å². The molecular formula is C14H12ClF2NO. The van der Waals surface area contributed by atoms with E-state index in [1.807, 2.05) is 12.1 Å². The predicted octanol–water partition coefficient (Wildman–Crippen LogP) is 4.11. The lowest BCUT2D eigenvalue weighted by molar-refractivity contribution is 0.314. The largest absolute Gasteiger partial charge is 0.489 e. The van der Waals surface area contributed by atoms with Crippen molar-refractivity contribution >= 4 is 17.3 Å². The normalized spacial score (nSPS) is 10.3. The van der Waals surface area contributed by atoms with Gasteiger partial charge in [-0.1, -0.05) is 17.7 Å². The van der Waals surface area contributed by atoms with E-state index in [9.17, 15) is 8.78 Å². The summed E-state index contributed by atoms with van der Waals surface area (Å²) in [6.45, 7) is 0.742. The summed E-state index contributed by atoms with van der Waals surface area (Å²) in [5.41, 5.74) is 0.857. The quantitative estimate of drug-likeness (QED) is 0.834. The fraction of sp³-hybridized carbons (Fsp3) is 0.143. The second kappa shape index (κ2) is 6.38. The van der Waals surface area contributed by atoms with Gasteiger partial charge in [-0.3, -0.25) is 0 Å². The van der Waals surface area contributed by atoms with Gasteiger partial charge >= 0.3 is 0 Å². The number of hydrogen-bond acceptors (Lipinski definition) is 2. The van der Waals surface area contributed by atoms with Crippen molar-refractivity contribution in [2.45, 2.75) is 0 Å². The van der Waals surface area contributed by atoms with Gasteiger partial charge in [0, 0.05) is 23.3 Å². The van der Waals surface area contributed by atoms with Crippen LogP contribution < -0.4 is 10.1 Å². The van der Waals surface area contributed by atoms with Gasteiger partial charge in [-0.2, -0.15) is 0 Å². The summed E-state index contributed by atoms with van der Waals surface area (Å²) in [4.78, 5) is 0. The maximum Gasteiger partial charge on any atom is 0.167 e. The first-order valence-corrected chi connectivity index (χ1v) is 6.10. The molecule has 0 bridgehead atoms. The van der Waals surface area contributed by atoms with E-state index in [0.717, 1.165) is 17.8 Å². The lowest BCUT2D eigenvalue weighted by Crippen LogP contribution is -2.12. The van der Waals surface area contributed by atoms with Crippen molar-refractivity contribution in [2.75, 3.05) is 18.5 Å². The molecule has 2 aromatic rings. The van der Waals surface area contributed by atoms with Crippen LogP contribution >= 0.6 is 11.6 Å². The Balaban J connectivity index is 1.81. The molecule has 0 saturated heterocycles. The number of hydrogen-bond donors (Lipinski definition) is 1. The standard InChI is InChI=1S/C14H12ClF2NO/c15-10-2-1-3-12(8-10)18-6-7-19-14-5-4-11(16)9-13(14)17/h1-5,8-9,18H,6-7H2. The topological polar surface area (TPSA) is 21.3 Å². The molecule has 0 saturated carbocycles. The fourth-order valence-corrected chi connectivity index (χ4v) is 1.74. The van der Waals surface area contributed by atoms with Gasteiger partial charge in [-0.05, 0) is 30.3 Å². The molecule has 2 rings (SSSR count). The SMILES string of the molecule is Fc1ccc(OCCNc2cccc(Cl)c2)c(F)c1. The molecular weight excluding hydrogens is 272 g/mol. The molecule has 0 unspecified atom stereocenters. The maximum atomic E-state index is 13.3. The molecule has 100 valence electrons. The van der Waals surface area contributed by atoms with Gasteiger partial charge < -0.3 is 10.1 Å². The summed E-state index contributed by atoms with van der Waals surface area (Å²) >= 11 is 5.83. The van der Waals surface area contributed by atoms with Crippen molar-refractivity contribution in [1.82, 2.24) is 0 Å². The van der Waals surface area contributed by atoms with Crippen molar-refractivity contribution in [1.29, 1.82) is 0 Å². The Bertz CT molecular complexity index is 563. The predicted molar refractivity (Wildman–Crippen MR) is 71.8 cm³/mol. The number of anilines is 1. The summed E-state index contributed by atoms with van der Waals surface area (Å²) in [5.74, 6) is -1.29. The van der Waals surface area contributed by atoms with Crippen molar-refractivity contribution in [3.05, 3.63) is 59.1 Å². The van der Waals surface area contributed by atoms with Gasteiger partial charge in [0.2, 0.25) is 0 Å². The van der Waals surface area contributed by atoms with Crippen molar-refractivity contribution in [3.8, 4) is 5.75 Å². The van der Waals surface area contributed by atoms with Crippen LogP contribution in [0, 0.1) is 11.6 Å². The van der Waals surface area contributed by atoms with Crippen LogP contribution in [0.25, 0.3) is 0 Å². The fourth-order valence-electron chi connectivity index (χ4n) is 1.55. The minimum atomic E-state index is -0.706. The molecule has 0 aliphatic rings. The number of nitrogens with one attached hydrogen (secondary N) is 1. The summed E-state index contributed by atoms with van der Waals surface area (Å²) in [6, 6.07) is 10.5. The zero-order chi connectivity index (χ0) is 13.7. The molecule has 2 aromatic carbocycles. The second-order valence-corrected chi connectivity index (χ2v) is 4.30. The van der Waals surface area contributed by atoms with Gasteiger partial charge in [0.15, 0.2) is 11.6 Å². The van der Waals surface area contributed by atoms with Crippen molar-refractivity contribution in [2.24, 2.45) is 0 Å². The first kappa shape index (κ1) is 13.6. The Morgan fingerprint density at radius 1 is 1.11 bits per heavy atom. The molecule has 2 nitrogen and oxygen atoms in total. The average molecular weight is 284 g/mol. The molecule has 0 aliphatic heterocycles. The Kier molecular flexibility index (Phi) is 4.58. The molecule has 0 heterocycles. The summed E-state index contributed by atoms with van der Waals surface area (Å²) < 4.78 is 31.1. The van der Waals surface area contributed by atoms with Crippen LogP contribution in [-0.2, 0) is 0 Å². The lowest BCUT2D eigenvalue weighted by atomic mass is 10.3. The van der Waals surface area contributed by atoms with E-state index in [1.165, 1.54) is 6.07 Å². The van der Waals surface area contributed by atoms with Crippen molar-refractivity contribution in [3.63, 3.8) is 0 Å². The lowest BCUT2D eigenvalue weighted by Gasteiger charge is -2.09. The van der Waals surface area contributed by atoms with Crippen molar-refractivity contribution < 1.29 is 13.5 Å². The molecule has 0 aliphatic carbocycles. The van der Waals surface area contributed by atoms with Crippen LogP contribution in [0.3, 0.4) is 0 Å². The number of benzene rings is 2. The molecule has 0 fully saturated rings. The van der Waals surface area contributed by atoms with Crippen LogP contribution in [0.1, 0.15) is 0 Å². The highest BCUT2D eigenvalue weighted by Crippen LogP contribution is 2.18. The van der Waals surface area contributed by atoms with Gasteiger partial charge in [0.1, 0.15) is 12.4 Å². The molecule has 0 aromatic heterocycles. The average Bonchev–Trinajstić information content (AvgIpc) is 2.37. The molecule has 0 amide bonds. The molecule has 19 heavy (non-hydrogen) atoms. The smallest absolute Gasteiger partial charge is 0.167 e. The highest BCUT2D eigenvalue weighted by molar-refractivity contribution is 6.30. The molecule has 1 N–H and O–H groups in total. The summed E-state index contributed by atoms with van der Waals surface area (Å²) in [7, 11) is 0. The molecule has 0 spiro atoms. The number of halogens is 3. The van der Waals surface area contributed by atoms with E-state index >= 15 is 0 Å². The highest BCUT2D eigenvalue weighted by Gasteiger charge is 2.04. The third kappa shape index (κ3) is 4.10. The molecule has 0 atom stereocenters. The summed E-state index contributed by atoms with van der Waals surface area (Å²) in [6.07, 6.45) is 0. The van der Waals surface area contributed by atoms with Crippen LogP contribution in [0.4, 0.5) is 14.5 Å². The van der Waals surface area contributed by atoms with E-state index < -0.39 is 11.6 Å². The Morgan fingerprint density at radius 2 is 1.95 bits per heavy atom. The zero-order valence-corrected chi connectivity index (χ0v) is 10.8. The van der Waals surface area contributed by atoms with Crippen LogP contribution in [0.5, 0.6) is 5.75 Å². The second-order valence-electron chi connectivity index (χ2n) is 3.86. The van der Waals surface area contributed by atoms with E-state index in [2.05, 4.69) is 5.32 Å². The Labute approximate surface area is 115 Å². The van der Waals surface area contributed by atoms with Gasteiger partial charge in [0.05, 0.1) is 0 Å². The van der Waals surface area contributed by atoms with Gasteiger partial charge in [0.25, 0.3) is 0 Å². The Hall–Kier alpha value is -1.81. The van der Waals surface area contributed by atoms with Gasteiger partial charge in [-0.25, -0.2) is 8.78 Å². The zero-order valence-electron chi connectivity index (χ0n) is 10.00. The van der Waals surface area contributed by atoms with E-state index in [-0.39, 0.29) is 12.4 Å². The monoisotopic (exact) mass is 283 g/mol. The third-order valence-electron chi connectivity index (χ3n) is 2.41. The van der Waals surface area contributed by atoms with E-state index in [1.54, 1.807) is 12.1 Å². The van der Waals surface area contributed by atoms with Crippen LogP contribution in [0.2, 0.25) is 5.02 Å². The third-order valence-corrected chi connectivity index (χ3v) is 2.64. The first-order valence-electron chi connectivity index (χ1n) is 5.72.